The molecule has 1 N–H and O–H groups in total. The van der Waals surface area contributed by atoms with Crippen molar-refractivity contribution in [2.75, 3.05) is 6.61 Å². The Hall–Kier alpha value is -3.26. The van der Waals surface area contributed by atoms with Crippen LogP contribution in [-0.2, 0) is 6.42 Å². The smallest absolute Gasteiger partial charge is 0.406 e. The van der Waals surface area contributed by atoms with Gasteiger partial charge in [0.25, 0.3) is 0 Å². The predicted octanol–water partition coefficient (Wildman–Crippen LogP) is 4.59. The first-order valence-corrected chi connectivity index (χ1v) is 9.24. The van der Waals surface area contributed by atoms with Crippen LogP contribution in [0.25, 0.3) is 11.3 Å². The lowest BCUT2D eigenvalue weighted by Gasteiger charge is -2.09. The summed E-state index contributed by atoms with van der Waals surface area (Å²) in [6.45, 7) is -0.0377. The first-order chi connectivity index (χ1) is 14.3. The van der Waals surface area contributed by atoms with Crippen LogP contribution < -0.4 is 4.74 Å². The molecule has 0 saturated heterocycles. The Morgan fingerprint density at radius 3 is 2.50 bits per heavy atom. The second-order valence-corrected chi connectivity index (χ2v) is 6.59. The Balaban J connectivity index is 1.74. The zero-order valence-electron chi connectivity index (χ0n) is 15.9. The number of alkyl halides is 3. The van der Waals surface area contributed by atoms with Crippen molar-refractivity contribution < 1.29 is 27.8 Å². The highest BCUT2D eigenvalue weighted by Crippen LogP contribution is 2.24. The summed E-state index contributed by atoms with van der Waals surface area (Å²) in [4.78, 5) is 20.7. The molecule has 0 bridgehead atoms. The molecule has 0 radical (unpaired) electrons. The minimum absolute atomic E-state index is 0.0377. The van der Waals surface area contributed by atoms with Gasteiger partial charge in [-0.3, -0.25) is 4.79 Å². The molecule has 0 aliphatic rings. The lowest BCUT2D eigenvalue weighted by Crippen LogP contribution is -2.17. The van der Waals surface area contributed by atoms with Gasteiger partial charge in [-0.05, 0) is 36.2 Å². The predicted molar refractivity (Wildman–Crippen MR) is 104 cm³/mol. The average molecular weight is 416 g/mol. The lowest BCUT2D eigenvalue weighted by atomic mass is 10.0. The standard InChI is InChI=1S/C22H19F3N2O3/c23-22(24,25)30-19-8-6-15(7-9-19)11-18-13-20(27-14-26-18)16-3-1-4-17(12-16)21(29)5-2-10-28/h1,3-4,6-9,12-14,28H,2,5,10-11H2. The van der Waals surface area contributed by atoms with Crippen LogP contribution in [-0.4, -0.2) is 33.8 Å². The molecule has 0 spiro atoms. The minimum atomic E-state index is -4.73. The van der Waals surface area contributed by atoms with E-state index in [4.69, 9.17) is 5.11 Å². The van der Waals surface area contributed by atoms with E-state index in [1.165, 1.54) is 18.5 Å². The van der Waals surface area contributed by atoms with Crippen molar-refractivity contribution in [3.05, 3.63) is 77.7 Å². The minimum Gasteiger partial charge on any atom is -0.406 e. The zero-order chi connectivity index (χ0) is 21.6. The van der Waals surface area contributed by atoms with E-state index >= 15 is 0 Å². The number of halogens is 3. The number of Topliss-reactive ketones (excluding diaryl/α,β-unsaturated/α-hetero) is 1. The van der Waals surface area contributed by atoms with E-state index in [9.17, 15) is 18.0 Å². The highest BCUT2D eigenvalue weighted by molar-refractivity contribution is 5.97. The summed E-state index contributed by atoms with van der Waals surface area (Å²) in [5.74, 6) is -0.335. The molecule has 5 nitrogen and oxygen atoms in total. The van der Waals surface area contributed by atoms with Gasteiger partial charge in [-0.15, -0.1) is 13.2 Å². The number of rotatable bonds is 8. The Morgan fingerprint density at radius 2 is 1.80 bits per heavy atom. The van der Waals surface area contributed by atoms with Gasteiger partial charge in [0.1, 0.15) is 12.1 Å². The maximum atomic E-state index is 12.3. The summed E-state index contributed by atoms with van der Waals surface area (Å²) in [6.07, 6.45) is -2.24. The van der Waals surface area contributed by atoms with Gasteiger partial charge in [0.2, 0.25) is 0 Å². The number of aromatic nitrogens is 2. The molecule has 1 heterocycles. The fourth-order valence-corrected chi connectivity index (χ4v) is 2.91. The molecule has 3 rings (SSSR count). The number of carbonyl (C=O) groups excluding carboxylic acids is 1. The molecule has 0 saturated carbocycles. The van der Waals surface area contributed by atoms with Crippen LogP contribution in [0, 0.1) is 0 Å². The molecule has 0 aliphatic carbocycles. The topological polar surface area (TPSA) is 72.3 Å². The Bertz CT molecular complexity index is 1010. The van der Waals surface area contributed by atoms with Gasteiger partial charge in [-0.25, -0.2) is 9.97 Å². The first kappa shape index (κ1) is 21.4. The molecular formula is C22H19F3N2O3. The van der Waals surface area contributed by atoms with Crippen LogP contribution in [0.3, 0.4) is 0 Å². The van der Waals surface area contributed by atoms with Crippen LogP contribution in [0.1, 0.15) is 34.5 Å². The molecule has 30 heavy (non-hydrogen) atoms. The third-order valence-corrected chi connectivity index (χ3v) is 4.31. The van der Waals surface area contributed by atoms with Crippen molar-refractivity contribution in [2.24, 2.45) is 0 Å². The van der Waals surface area contributed by atoms with Crippen LogP contribution in [0.15, 0.2) is 60.9 Å². The number of hydrogen-bond acceptors (Lipinski definition) is 5. The third-order valence-electron chi connectivity index (χ3n) is 4.31. The maximum Gasteiger partial charge on any atom is 0.573 e. The van der Waals surface area contributed by atoms with E-state index in [-0.39, 0.29) is 24.6 Å². The molecule has 156 valence electrons. The Morgan fingerprint density at radius 1 is 1.03 bits per heavy atom. The van der Waals surface area contributed by atoms with Crippen LogP contribution >= 0.6 is 0 Å². The largest absolute Gasteiger partial charge is 0.573 e. The summed E-state index contributed by atoms with van der Waals surface area (Å²) in [5.41, 5.74) is 3.38. The van der Waals surface area contributed by atoms with E-state index in [1.807, 2.05) is 6.07 Å². The van der Waals surface area contributed by atoms with Gasteiger partial charge < -0.3 is 9.84 Å². The number of aliphatic hydroxyl groups is 1. The van der Waals surface area contributed by atoms with Gasteiger partial charge in [-0.1, -0.05) is 30.3 Å². The number of ether oxygens (including phenoxy) is 1. The van der Waals surface area contributed by atoms with E-state index < -0.39 is 6.36 Å². The summed E-state index contributed by atoms with van der Waals surface area (Å²) >= 11 is 0. The van der Waals surface area contributed by atoms with E-state index in [0.29, 0.717) is 29.8 Å². The summed E-state index contributed by atoms with van der Waals surface area (Å²) < 4.78 is 40.7. The first-order valence-electron chi connectivity index (χ1n) is 9.24. The number of ketones is 1. The molecule has 1 aromatic heterocycles. The molecule has 2 aromatic carbocycles. The van der Waals surface area contributed by atoms with Crippen molar-refractivity contribution in [3.63, 3.8) is 0 Å². The summed E-state index contributed by atoms with van der Waals surface area (Å²) in [5, 5.41) is 8.89. The molecule has 3 aromatic rings. The van der Waals surface area contributed by atoms with Crippen LogP contribution in [0.2, 0.25) is 0 Å². The SMILES string of the molecule is O=C(CCCO)c1cccc(-c2cc(Cc3ccc(OC(F)(F)F)cc3)ncn2)c1. The quantitative estimate of drug-likeness (QED) is 0.544. The average Bonchev–Trinajstić information content (AvgIpc) is 2.73. The summed E-state index contributed by atoms with van der Waals surface area (Å²) in [6, 6.07) is 14.4. The molecule has 0 unspecified atom stereocenters. The van der Waals surface area contributed by atoms with Gasteiger partial charge in [-0.2, -0.15) is 0 Å². The number of hydrogen-bond donors (Lipinski definition) is 1. The molecule has 0 aliphatic heterocycles. The van der Waals surface area contributed by atoms with E-state index in [2.05, 4.69) is 14.7 Å². The van der Waals surface area contributed by atoms with Gasteiger partial charge >= 0.3 is 6.36 Å². The maximum absolute atomic E-state index is 12.3. The van der Waals surface area contributed by atoms with Gasteiger partial charge in [0.15, 0.2) is 5.78 Å². The molecule has 0 atom stereocenters. The van der Waals surface area contributed by atoms with E-state index in [0.717, 1.165) is 11.1 Å². The van der Waals surface area contributed by atoms with Crippen molar-refractivity contribution in [1.29, 1.82) is 0 Å². The Labute approximate surface area is 171 Å². The Kier molecular flexibility index (Phi) is 6.79. The van der Waals surface area contributed by atoms with Crippen molar-refractivity contribution >= 4 is 5.78 Å². The zero-order valence-corrected chi connectivity index (χ0v) is 15.9. The highest BCUT2D eigenvalue weighted by atomic mass is 19.4. The fourth-order valence-electron chi connectivity index (χ4n) is 2.91. The molecule has 8 heteroatoms. The van der Waals surface area contributed by atoms with Gasteiger partial charge in [0, 0.05) is 36.3 Å². The van der Waals surface area contributed by atoms with E-state index in [1.54, 1.807) is 36.4 Å². The third kappa shape index (κ3) is 6.12. The highest BCUT2D eigenvalue weighted by Gasteiger charge is 2.30. The van der Waals surface area contributed by atoms with Crippen molar-refractivity contribution in [2.45, 2.75) is 25.6 Å². The number of carbonyl (C=O) groups is 1. The number of aliphatic hydroxyl groups excluding tert-OH is 1. The van der Waals surface area contributed by atoms with Crippen molar-refractivity contribution in [1.82, 2.24) is 9.97 Å². The van der Waals surface area contributed by atoms with Crippen molar-refractivity contribution in [3.8, 4) is 17.0 Å². The molecular weight excluding hydrogens is 397 g/mol. The second kappa shape index (κ2) is 9.49. The number of nitrogens with zero attached hydrogens (tertiary/aromatic N) is 2. The van der Waals surface area contributed by atoms with Gasteiger partial charge in [0.05, 0.1) is 5.69 Å². The lowest BCUT2D eigenvalue weighted by molar-refractivity contribution is -0.274. The monoisotopic (exact) mass is 416 g/mol. The van der Waals surface area contributed by atoms with Crippen LogP contribution in [0.5, 0.6) is 5.75 Å². The fraction of sp³-hybridized carbons (Fsp3) is 0.227. The second-order valence-electron chi connectivity index (χ2n) is 6.59. The van der Waals surface area contributed by atoms with Crippen LogP contribution in [0.4, 0.5) is 13.2 Å². The summed E-state index contributed by atoms with van der Waals surface area (Å²) in [7, 11) is 0. The normalized spacial score (nSPS) is 11.3. The molecule has 0 fully saturated rings. The molecule has 0 amide bonds. The number of benzene rings is 2.